The molecule has 0 aromatic heterocycles. The van der Waals surface area contributed by atoms with Gasteiger partial charge in [-0.2, -0.15) is 0 Å². The highest BCUT2D eigenvalue weighted by atomic mass is 16.1. The van der Waals surface area contributed by atoms with Crippen molar-refractivity contribution in [1.29, 1.82) is 0 Å². The molecule has 1 aliphatic carbocycles. The molecular formula is C16H30N2O. The van der Waals surface area contributed by atoms with E-state index in [2.05, 4.69) is 31.4 Å². The SMILES string of the molecule is CC(C)(C)CC(=O)NC1CCNC2(CCCCC2)C1. The van der Waals surface area contributed by atoms with Crippen LogP contribution in [0.25, 0.3) is 0 Å². The van der Waals surface area contributed by atoms with Crippen LogP contribution < -0.4 is 10.6 Å². The summed E-state index contributed by atoms with van der Waals surface area (Å²) in [4.78, 5) is 12.1. The van der Waals surface area contributed by atoms with E-state index < -0.39 is 0 Å². The molecule has 1 atom stereocenters. The van der Waals surface area contributed by atoms with Gasteiger partial charge in [0, 0.05) is 18.0 Å². The minimum Gasteiger partial charge on any atom is -0.353 e. The summed E-state index contributed by atoms with van der Waals surface area (Å²) in [7, 11) is 0. The monoisotopic (exact) mass is 266 g/mol. The third-order valence-electron chi connectivity index (χ3n) is 4.50. The van der Waals surface area contributed by atoms with Crippen LogP contribution in [-0.4, -0.2) is 24.0 Å². The van der Waals surface area contributed by atoms with E-state index in [-0.39, 0.29) is 11.3 Å². The third-order valence-corrected chi connectivity index (χ3v) is 4.50. The van der Waals surface area contributed by atoms with Gasteiger partial charge in [0.15, 0.2) is 0 Å². The lowest BCUT2D eigenvalue weighted by Crippen LogP contribution is -2.57. The van der Waals surface area contributed by atoms with Gasteiger partial charge in [0.25, 0.3) is 0 Å². The molecule has 110 valence electrons. The summed E-state index contributed by atoms with van der Waals surface area (Å²) in [5.74, 6) is 0.227. The van der Waals surface area contributed by atoms with Crippen LogP contribution in [-0.2, 0) is 4.79 Å². The van der Waals surface area contributed by atoms with E-state index in [0.29, 0.717) is 18.0 Å². The Labute approximate surface area is 117 Å². The van der Waals surface area contributed by atoms with Gasteiger partial charge in [-0.15, -0.1) is 0 Å². The first kappa shape index (κ1) is 14.8. The molecule has 2 rings (SSSR count). The van der Waals surface area contributed by atoms with Gasteiger partial charge >= 0.3 is 0 Å². The van der Waals surface area contributed by atoms with Crippen molar-refractivity contribution in [3.63, 3.8) is 0 Å². The first-order valence-corrected chi connectivity index (χ1v) is 7.93. The molecule has 2 aliphatic rings. The first-order valence-electron chi connectivity index (χ1n) is 7.93. The van der Waals surface area contributed by atoms with Gasteiger partial charge in [0.2, 0.25) is 5.91 Å². The van der Waals surface area contributed by atoms with Gasteiger partial charge in [-0.05, 0) is 37.6 Å². The molecule has 1 heterocycles. The van der Waals surface area contributed by atoms with Crippen LogP contribution in [0.2, 0.25) is 0 Å². The number of amides is 1. The lowest BCUT2D eigenvalue weighted by molar-refractivity contribution is -0.123. The second-order valence-electron chi connectivity index (χ2n) is 7.76. The fourth-order valence-electron chi connectivity index (χ4n) is 3.65. The van der Waals surface area contributed by atoms with Crippen LogP contribution in [0, 0.1) is 5.41 Å². The van der Waals surface area contributed by atoms with Crippen molar-refractivity contribution < 1.29 is 4.79 Å². The average molecular weight is 266 g/mol. The van der Waals surface area contributed by atoms with Crippen LogP contribution >= 0.6 is 0 Å². The highest BCUT2D eigenvalue weighted by molar-refractivity contribution is 5.76. The molecule has 0 bridgehead atoms. The normalized spacial score (nSPS) is 27.2. The van der Waals surface area contributed by atoms with Gasteiger partial charge in [0.1, 0.15) is 0 Å². The van der Waals surface area contributed by atoms with E-state index >= 15 is 0 Å². The number of carbonyl (C=O) groups is 1. The summed E-state index contributed by atoms with van der Waals surface area (Å²) in [6.45, 7) is 7.42. The van der Waals surface area contributed by atoms with E-state index in [0.717, 1.165) is 19.4 Å². The summed E-state index contributed by atoms with van der Waals surface area (Å²) >= 11 is 0. The largest absolute Gasteiger partial charge is 0.353 e. The average Bonchev–Trinajstić information content (AvgIpc) is 2.27. The molecule has 2 fully saturated rings. The maximum absolute atomic E-state index is 12.1. The van der Waals surface area contributed by atoms with E-state index in [9.17, 15) is 4.79 Å². The zero-order chi connectivity index (χ0) is 13.9. The molecule has 0 aromatic rings. The Bertz CT molecular complexity index is 308. The van der Waals surface area contributed by atoms with Crippen molar-refractivity contribution in [2.24, 2.45) is 5.41 Å². The van der Waals surface area contributed by atoms with Gasteiger partial charge in [0.05, 0.1) is 0 Å². The van der Waals surface area contributed by atoms with E-state index in [1.54, 1.807) is 0 Å². The second-order valence-corrected chi connectivity index (χ2v) is 7.76. The van der Waals surface area contributed by atoms with Crippen molar-refractivity contribution in [3.05, 3.63) is 0 Å². The van der Waals surface area contributed by atoms with E-state index in [1.165, 1.54) is 32.1 Å². The number of rotatable bonds is 2. The molecule has 3 nitrogen and oxygen atoms in total. The van der Waals surface area contributed by atoms with Crippen LogP contribution in [0.4, 0.5) is 0 Å². The van der Waals surface area contributed by atoms with Crippen molar-refractivity contribution in [2.45, 2.75) is 83.7 Å². The lowest BCUT2D eigenvalue weighted by atomic mass is 9.75. The molecule has 1 saturated carbocycles. The fraction of sp³-hybridized carbons (Fsp3) is 0.938. The Morgan fingerprint density at radius 3 is 2.58 bits per heavy atom. The van der Waals surface area contributed by atoms with Crippen molar-refractivity contribution in [3.8, 4) is 0 Å². The van der Waals surface area contributed by atoms with E-state index in [4.69, 9.17) is 0 Å². The molecule has 1 spiro atoms. The predicted octanol–water partition coefficient (Wildman–Crippen LogP) is 2.99. The number of hydrogen-bond acceptors (Lipinski definition) is 2. The van der Waals surface area contributed by atoms with Gasteiger partial charge < -0.3 is 10.6 Å². The molecule has 3 heteroatoms. The highest BCUT2D eigenvalue weighted by Gasteiger charge is 2.37. The van der Waals surface area contributed by atoms with Gasteiger partial charge in [-0.1, -0.05) is 40.0 Å². The topological polar surface area (TPSA) is 41.1 Å². The van der Waals surface area contributed by atoms with Crippen LogP contribution in [0.1, 0.15) is 72.1 Å². The lowest BCUT2D eigenvalue weighted by Gasteiger charge is -2.45. The molecule has 0 aromatic carbocycles. The summed E-state index contributed by atoms with van der Waals surface area (Å²) < 4.78 is 0. The minimum absolute atomic E-state index is 0.0829. The van der Waals surface area contributed by atoms with E-state index in [1.807, 2.05) is 0 Å². The summed E-state index contributed by atoms with van der Waals surface area (Å²) in [6.07, 6.45) is 9.48. The fourth-order valence-corrected chi connectivity index (χ4v) is 3.65. The summed E-state index contributed by atoms with van der Waals surface area (Å²) in [6, 6.07) is 0.384. The molecule has 1 saturated heterocycles. The molecule has 1 aliphatic heterocycles. The second kappa shape index (κ2) is 5.82. The maximum atomic E-state index is 12.1. The highest BCUT2D eigenvalue weighted by Crippen LogP contribution is 2.34. The van der Waals surface area contributed by atoms with Crippen LogP contribution in [0.15, 0.2) is 0 Å². The Kier molecular flexibility index (Phi) is 4.54. The smallest absolute Gasteiger partial charge is 0.220 e. The number of nitrogens with one attached hydrogen (secondary N) is 2. The zero-order valence-electron chi connectivity index (χ0n) is 12.8. The van der Waals surface area contributed by atoms with Crippen molar-refractivity contribution in [1.82, 2.24) is 10.6 Å². The summed E-state index contributed by atoms with van der Waals surface area (Å²) in [5, 5.41) is 7.00. The molecular weight excluding hydrogens is 236 g/mol. The third kappa shape index (κ3) is 4.48. The van der Waals surface area contributed by atoms with Gasteiger partial charge in [-0.25, -0.2) is 0 Å². The van der Waals surface area contributed by atoms with Gasteiger partial charge in [-0.3, -0.25) is 4.79 Å². The van der Waals surface area contributed by atoms with Crippen LogP contribution in [0.5, 0.6) is 0 Å². The molecule has 0 radical (unpaired) electrons. The zero-order valence-corrected chi connectivity index (χ0v) is 12.8. The number of hydrogen-bond donors (Lipinski definition) is 2. The Morgan fingerprint density at radius 2 is 1.95 bits per heavy atom. The molecule has 2 N–H and O–H groups in total. The molecule has 1 amide bonds. The maximum Gasteiger partial charge on any atom is 0.220 e. The first-order chi connectivity index (χ1) is 8.89. The number of carbonyl (C=O) groups excluding carboxylic acids is 1. The number of piperidine rings is 1. The Morgan fingerprint density at radius 1 is 1.26 bits per heavy atom. The van der Waals surface area contributed by atoms with Crippen molar-refractivity contribution in [2.75, 3.05) is 6.54 Å². The van der Waals surface area contributed by atoms with Crippen molar-refractivity contribution >= 4 is 5.91 Å². The van der Waals surface area contributed by atoms with Crippen LogP contribution in [0.3, 0.4) is 0 Å². The Hall–Kier alpha value is -0.570. The molecule has 1 unspecified atom stereocenters. The quantitative estimate of drug-likeness (QED) is 0.806. The summed E-state index contributed by atoms with van der Waals surface area (Å²) in [5.41, 5.74) is 0.412. The standard InChI is InChI=1S/C16H30N2O/c1-15(2,3)12-14(19)18-13-7-10-17-16(11-13)8-5-4-6-9-16/h13,17H,4-12H2,1-3H3,(H,18,19). The molecule has 19 heavy (non-hydrogen) atoms. The minimum atomic E-state index is 0.0829. The Balaban J connectivity index is 1.85. The predicted molar refractivity (Wildman–Crippen MR) is 79.1 cm³/mol.